The number of rotatable bonds is 11. The first kappa shape index (κ1) is 28.8. The smallest absolute Gasteiger partial charge is 0.334 e. The monoisotopic (exact) mass is 527 g/mol. The highest BCUT2D eigenvalue weighted by molar-refractivity contribution is 8.00. The molecule has 0 N–H and O–H groups in total. The maximum atomic E-state index is 15.0. The van der Waals surface area contributed by atoms with Gasteiger partial charge in [0.05, 0.1) is 29.7 Å². The minimum absolute atomic E-state index is 0.0399. The van der Waals surface area contributed by atoms with Crippen molar-refractivity contribution in [3.63, 3.8) is 0 Å². The fourth-order valence-corrected chi connectivity index (χ4v) is 4.61. The van der Waals surface area contributed by atoms with E-state index in [1.165, 1.54) is 6.07 Å². The van der Waals surface area contributed by atoms with Gasteiger partial charge in [-0.1, -0.05) is 31.9 Å². The molecule has 2 rings (SSSR count). The lowest BCUT2D eigenvalue weighted by Gasteiger charge is -2.26. The third kappa shape index (κ3) is 7.80. The third-order valence-corrected chi connectivity index (χ3v) is 6.81. The van der Waals surface area contributed by atoms with E-state index in [1.807, 2.05) is 6.92 Å². The van der Waals surface area contributed by atoms with Gasteiger partial charge in [-0.05, 0) is 51.2 Å². The van der Waals surface area contributed by atoms with Crippen LogP contribution in [0.1, 0.15) is 65.7 Å². The van der Waals surface area contributed by atoms with E-state index >= 15 is 4.39 Å². The Balaban J connectivity index is 2.41. The van der Waals surface area contributed by atoms with Crippen molar-refractivity contribution in [2.45, 2.75) is 70.6 Å². The number of imide groups is 1. The molecular formula is C25H31ClFNO6S. The van der Waals surface area contributed by atoms with E-state index in [2.05, 4.69) is 0 Å². The minimum Gasteiger partial charge on any atom is -0.465 e. The summed E-state index contributed by atoms with van der Waals surface area (Å²) in [6.45, 7) is 5.65. The molecule has 0 saturated carbocycles. The Morgan fingerprint density at radius 1 is 1.06 bits per heavy atom. The summed E-state index contributed by atoms with van der Waals surface area (Å²) in [4.78, 5) is 51.9. The van der Waals surface area contributed by atoms with Gasteiger partial charge in [-0.25, -0.2) is 14.1 Å². The first-order chi connectivity index (χ1) is 16.7. The number of nitrogens with zero attached hydrogens (tertiary/aromatic N) is 1. The van der Waals surface area contributed by atoms with Crippen LogP contribution in [0, 0.1) is 5.82 Å². The number of carbonyl (C=O) groups is 4. The molecule has 7 nitrogen and oxygen atoms in total. The van der Waals surface area contributed by atoms with Gasteiger partial charge in [0.25, 0.3) is 5.91 Å². The van der Waals surface area contributed by atoms with Gasteiger partial charge in [0, 0.05) is 22.5 Å². The van der Waals surface area contributed by atoms with E-state index in [9.17, 15) is 19.2 Å². The lowest BCUT2D eigenvalue weighted by Crippen LogP contribution is -2.39. The normalized spacial score (nSPS) is 13.4. The Bertz CT molecular complexity index is 996. The minimum atomic E-state index is -0.867. The molecule has 0 atom stereocenters. The van der Waals surface area contributed by atoms with E-state index in [1.54, 1.807) is 13.8 Å². The Morgan fingerprint density at radius 2 is 1.74 bits per heavy atom. The Hall–Kier alpha value is -2.39. The molecule has 10 heteroatoms. The standard InChI is InChI=1S/C25H31ClFNO6S/c1-4-7-12-34-23(30)15-35-21-14-20(19(27)13-18(21)26)28(22(29)5-2)24(31)16-10-8-9-11-17(16)25(32)33-6-3/h13-14H,4-12,15H2,1-3H3. The Morgan fingerprint density at radius 3 is 2.37 bits per heavy atom. The van der Waals surface area contributed by atoms with Crippen molar-refractivity contribution in [3.05, 3.63) is 34.1 Å². The summed E-state index contributed by atoms with van der Waals surface area (Å²) < 4.78 is 25.3. The molecule has 1 aromatic carbocycles. The Kier molecular flexibility index (Phi) is 11.7. The van der Waals surface area contributed by atoms with Crippen molar-refractivity contribution in [2.24, 2.45) is 0 Å². The van der Waals surface area contributed by atoms with E-state index in [4.69, 9.17) is 21.1 Å². The van der Waals surface area contributed by atoms with Gasteiger partial charge in [-0.2, -0.15) is 0 Å². The lowest BCUT2D eigenvalue weighted by atomic mass is 9.90. The fourth-order valence-electron chi connectivity index (χ4n) is 3.54. The molecule has 1 aliphatic carbocycles. The van der Waals surface area contributed by atoms with E-state index in [0.717, 1.165) is 35.6 Å². The number of benzene rings is 1. The molecule has 192 valence electrons. The van der Waals surface area contributed by atoms with Crippen molar-refractivity contribution < 1.29 is 33.0 Å². The Labute approximate surface area is 214 Å². The predicted molar refractivity (Wildman–Crippen MR) is 133 cm³/mol. The SMILES string of the molecule is CCCCOC(=O)CSc1cc(N(C(=O)CC)C(=O)C2=C(C(=O)OCC)CCCC2)c(F)cc1Cl. The van der Waals surface area contributed by atoms with Gasteiger partial charge in [0.2, 0.25) is 5.91 Å². The zero-order chi connectivity index (χ0) is 26.0. The molecule has 0 bridgehead atoms. The molecule has 2 amide bonds. The average Bonchev–Trinajstić information content (AvgIpc) is 2.84. The van der Waals surface area contributed by atoms with Crippen molar-refractivity contribution in [1.82, 2.24) is 0 Å². The topological polar surface area (TPSA) is 90.0 Å². The van der Waals surface area contributed by atoms with Gasteiger partial charge in [0.15, 0.2) is 0 Å². The molecule has 0 fully saturated rings. The van der Waals surface area contributed by atoms with Gasteiger partial charge < -0.3 is 9.47 Å². The zero-order valence-electron chi connectivity index (χ0n) is 20.3. The second kappa shape index (κ2) is 14.2. The summed E-state index contributed by atoms with van der Waals surface area (Å²) in [5.41, 5.74) is 0.0877. The number of amides is 2. The summed E-state index contributed by atoms with van der Waals surface area (Å²) in [6, 6.07) is 2.28. The maximum absolute atomic E-state index is 15.0. The number of anilines is 1. The number of thioether (sulfide) groups is 1. The quantitative estimate of drug-likeness (QED) is 0.209. The van der Waals surface area contributed by atoms with Crippen LogP contribution in [-0.2, 0) is 28.7 Å². The van der Waals surface area contributed by atoms with Gasteiger partial charge in [-0.15, -0.1) is 11.8 Å². The third-order valence-electron chi connectivity index (χ3n) is 5.35. The molecule has 0 spiro atoms. The van der Waals surface area contributed by atoms with Gasteiger partial charge in [0.1, 0.15) is 5.82 Å². The van der Waals surface area contributed by atoms with Gasteiger partial charge in [-0.3, -0.25) is 14.4 Å². The molecule has 0 unspecified atom stereocenters. The highest BCUT2D eigenvalue weighted by atomic mass is 35.5. The molecule has 0 saturated heterocycles. The van der Waals surface area contributed by atoms with Crippen LogP contribution in [-0.4, -0.2) is 42.7 Å². The van der Waals surface area contributed by atoms with Crippen molar-refractivity contribution in [1.29, 1.82) is 0 Å². The second-order valence-electron chi connectivity index (χ2n) is 7.87. The first-order valence-corrected chi connectivity index (χ1v) is 13.1. The highest BCUT2D eigenvalue weighted by Gasteiger charge is 2.33. The summed E-state index contributed by atoms with van der Waals surface area (Å²) in [7, 11) is 0. The molecule has 1 aromatic rings. The number of halogens is 2. The number of carbonyl (C=O) groups excluding carboxylic acids is 4. The van der Waals surface area contributed by atoms with Crippen LogP contribution in [0.2, 0.25) is 5.02 Å². The van der Waals surface area contributed by atoms with Crippen molar-refractivity contribution >= 4 is 52.8 Å². The van der Waals surface area contributed by atoms with Crippen molar-refractivity contribution in [3.8, 4) is 0 Å². The molecule has 0 aromatic heterocycles. The fraction of sp³-hybridized carbons (Fsp3) is 0.520. The van der Waals surface area contributed by atoms with Crippen LogP contribution in [0.5, 0.6) is 0 Å². The largest absolute Gasteiger partial charge is 0.465 e. The van der Waals surface area contributed by atoms with Crippen LogP contribution in [0.4, 0.5) is 10.1 Å². The van der Waals surface area contributed by atoms with E-state index in [0.29, 0.717) is 30.8 Å². The molecule has 0 radical (unpaired) electrons. The summed E-state index contributed by atoms with van der Waals surface area (Å²) in [5, 5.41) is 0.0399. The summed E-state index contributed by atoms with van der Waals surface area (Å²) >= 11 is 7.21. The van der Waals surface area contributed by atoms with E-state index in [-0.39, 0.29) is 47.1 Å². The van der Waals surface area contributed by atoms with Crippen molar-refractivity contribution in [2.75, 3.05) is 23.9 Å². The summed E-state index contributed by atoms with van der Waals surface area (Å²) in [6.07, 6.45) is 3.55. The second-order valence-corrected chi connectivity index (χ2v) is 9.29. The van der Waals surface area contributed by atoms with Crippen LogP contribution in [0.15, 0.2) is 28.2 Å². The lowest BCUT2D eigenvalue weighted by molar-refractivity contribution is -0.140. The molecule has 35 heavy (non-hydrogen) atoms. The molecule has 0 heterocycles. The molecule has 1 aliphatic rings. The van der Waals surface area contributed by atoms with Crippen LogP contribution < -0.4 is 4.90 Å². The highest BCUT2D eigenvalue weighted by Crippen LogP contribution is 2.36. The molecule has 0 aliphatic heterocycles. The average molecular weight is 528 g/mol. The first-order valence-electron chi connectivity index (χ1n) is 11.8. The number of ether oxygens (including phenoxy) is 2. The number of esters is 2. The number of hydrogen-bond donors (Lipinski definition) is 0. The summed E-state index contributed by atoms with van der Waals surface area (Å²) in [5.74, 6) is -3.37. The molecular weight excluding hydrogens is 497 g/mol. The number of unbranched alkanes of at least 4 members (excludes halogenated alkanes) is 1. The van der Waals surface area contributed by atoms with E-state index < -0.39 is 29.6 Å². The van der Waals surface area contributed by atoms with Crippen LogP contribution >= 0.6 is 23.4 Å². The van der Waals surface area contributed by atoms with Crippen LogP contribution in [0.3, 0.4) is 0 Å². The predicted octanol–water partition coefficient (Wildman–Crippen LogP) is 5.62. The zero-order valence-corrected chi connectivity index (χ0v) is 21.9. The van der Waals surface area contributed by atoms with Gasteiger partial charge >= 0.3 is 11.9 Å². The number of hydrogen-bond acceptors (Lipinski definition) is 7. The van der Waals surface area contributed by atoms with Crippen LogP contribution in [0.25, 0.3) is 0 Å². The maximum Gasteiger partial charge on any atom is 0.334 e.